The molecule has 1 fully saturated rings. The second-order valence-corrected chi connectivity index (χ2v) is 8.06. The fourth-order valence-electron chi connectivity index (χ4n) is 3.51. The number of hydrogen-bond acceptors (Lipinski definition) is 2. The van der Waals surface area contributed by atoms with Gasteiger partial charge in [-0.15, -0.1) is 0 Å². The molecule has 3 aromatic rings. The maximum absolute atomic E-state index is 12.4. The van der Waals surface area contributed by atoms with Crippen molar-refractivity contribution in [3.63, 3.8) is 0 Å². The van der Waals surface area contributed by atoms with Crippen LogP contribution >= 0.6 is 15.9 Å². The molecule has 0 unspecified atom stereocenters. The van der Waals surface area contributed by atoms with Crippen molar-refractivity contribution in [3.05, 3.63) is 76.8 Å². The highest BCUT2D eigenvalue weighted by atomic mass is 79.9. The number of nitrogens with one attached hydrogen (secondary N) is 1. The predicted molar refractivity (Wildman–Crippen MR) is 115 cm³/mol. The molecule has 1 amide bonds. The summed E-state index contributed by atoms with van der Waals surface area (Å²) < 4.78 is 0.968. The van der Waals surface area contributed by atoms with E-state index in [9.17, 15) is 4.79 Å². The first-order valence-corrected chi connectivity index (χ1v) is 10.2. The van der Waals surface area contributed by atoms with Gasteiger partial charge in [0.25, 0.3) is 0 Å². The summed E-state index contributed by atoms with van der Waals surface area (Å²) in [4.78, 5) is 14.8. The molecule has 138 valence electrons. The third-order valence-corrected chi connectivity index (χ3v) is 5.54. The van der Waals surface area contributed by atoms with E-state index in [1.807, 2.05) is 24.3 Å². The smallest absolute Gasteiger partial charge is 0.225 e. The normalized spacial score (nSPS) is 13.9. The van der Waals surface area contributed by atoms with Crippen LogP contribution in [0.2, 0.25) is 0 Å². The number of benzene rings is 3. The Kier molecular flexibility index (Phi) is 5.55. The molecule has 1 saturated carbocycles. The van der Waals surface area contributed by atoms with Crippen LogP contribution in [-0.2, 0) is 11.3 Å². The molecule has 1 N–H and O–H groups in total. The Labute approximate surface area is 168 Å². The zero-order valence-corrected chi connectivity index (χ0v) is 16.8. The van der Waals surface area contributed by atoms with Crippen molar-refractivity contribution in [2.45, 2.75) is 31.8 Å². The Hall–Kier alpha value is -2.17. The van der Waals surface area contributed by atoms with Crippen LogP contribution in [-0.4, -0.2) is 23.4 Å². The van der Waals surface area contributed by atoms with Crippen LogP contribution in [0.1, 0.15) is 24.8 Å². The molecule has 0 spiro atoms. The molecule has 0 aliphatic heterocycles. The number of halogens is 1. The first-order valence-electron chi connectivity index (χ1n) is 9.45. The monoisotopic (exact) mass is 422 g/mol. The molecule has 4 rings (SSSR count). The lowest BCUT2D eigenvalue weighted by molar-refractivity contribution is -0.116. The van der Waals surface area contributed by atoms with Crippen molar-refractivity contribution in [2.24, 2.45) is 0 Å². The minimum atomic E-state index is 0.0664. The lowest BCUT2D eigenvalue weighted by Crippen LogP contribution is -2.29. The molecular weight excluding hydrogens is 400 g/mol. The van der Waals surface area contributed by atoms with E-state index in [2.05, 4.69) is 68.6 Å². The number of amides is 1. The zero-order valence-electron chi connectivity index (χ0n) is 15.2. The molecule has 1 aliphatic carbocycles. The van der Waals surface area contributed by atoms with Crippen LogP contribution in [0.15, 0.2) is 71.2 Å². The zero-order chi connectivity index (χ0) is 18.6. The topological polar surface area (TPSA) is 32.3 Å². The first kappa shape index (κ1) is 18.2. The summed E-state index contributed by atoms with van der Waals surface area (Å²) >= 11 is 3.44. The molecular formula is C23H23BrN2O. The van der Waals surface area contributed by atoms with Crippen molar-refractivity contribution in [1.29, 1.82) is 0 Å². The molecule has 4 heteroatoms. The SMILES string of the molecule is O=C(CCN(Cc1cccc2ccccc12)C1CC1)Nc1cccc(Br)c1. The van der Waals surface area contributed by atoms with Gasteiger partial charge in [0.15, 0.2) is 0 Å². The van der Waals surface area contributed by atoms with Crippen molar-refractivity contribution < 1.29 is 4.79 Å². The number of fused-ring (bicyclic) bond motifs is 1. The third-order valence-electron chi connectivity index (χ3n) is 5.05. The van der Waals surface area contributed by atoms with Crippen LogP contribution in [0.3, 0.4) is 0 Å². The van der Waals surface area contributed by atoms with Crippen LogP contribution < -0.4 is 5.32 Å². The molecule has 0 aromatic heterocycles. The Morgan fingerprint density at radius 3 is 2.63 bits per heavy atom. The highest BCUT2D eigenvalue weighted by Gasteiger charge is 2.29. The summed E-state index contributed by atoms with van der Waals surface area (Å²) in [5, 5.41) is 5.58. The average molecular weight is 423 g/mol. The van der Waals surface area contributed by atoms with Crippen molar-refractivity contribution in [1.82, 2.24) is 4.90 Å². The van der Waals surface area contributed by atoms with Gasteiger partial charge in [0.05, 0.1) is 0 Å². The second kappa shape index (κ2) is 8.24. The standard InChI is InChI=1S/C23H23BrN2O/c24-19-8-4-9-20(15-19)25-23(27)13-14-26(21-11-12-21)16-18-7-3-6-17-5-1-2-10-22(17)18/h1-10,15,21H,11-14,16H2,(H,25,27). The lowest BCUT2D eigenvalue weighted by Gasteiger charge is -2.22. The summed E-state index contributed by atoms with van der Waals surface area (Å²) in [6, 6.07) is 23.4. The molecule has 27 heavy (non-hydrogen) atoms. The fourth-order valence-corrected chi connectivity index (χ4v) is 3.91. The number of rotatable bonds is 7. The summed E-state index contributed by atoms with van der Waals surface area (Å²) in [7, 11) is 0. The van der Waals surface area contributed by atoms with E-state index in [1.165, 1.54) is 29.2 Å². The summed E-state index contributed by atoms with van der Waals surface area (Å²) in [6.45, 7) is 1.68. The van der Waals surface area contributed by atoms with Crippen LogP contribution in [0, 0.1) is 0 Å². The van der Waals surface area contributed by atoms with E-state index < -0.39 is 0 Å². The third kappa shape index (κ3) is 4.76. The summed E-state index contributed by atoms with van der Waals surface area (Å²) in [5.41, 5.74) is 2.17. The van der Waals surface area contributed by atoms with Crippen molar-refractivity contribution in [2.75, 3.05) is 11.9 Å². The van der Waals surface area contributed by atoms with E-state index in [0.29, 0.717) is 12.5 Å². The highest BCUT2D eigenvalue weighted by molar-refractivity contribution is 9.10. The van der Waals surface area contributed by atoms with Gasteiger partial charge in [-0.05, 0) is 47.4 Å². The van der Waals surface area contributed by atoms with E-state index >= 15 is 0 Å². The van der Waals surface area contributed by atoms with Gasteiger partial charge in [0, 0.05) is 35.7 Å². The second-order valence-electron chi connectivity index (χ2n) is 7.15. The molecule has 3 aromatic carbocycles. The number of carbonyl (C=O) groups excluding carboxylic acids is 1. The van der Waals surface area contributed by atoms with E-state index in [-0.39, 0.29) is 5.91 Å². The Morgan fingerprint density at radius 2 is 1.81 bits per heavy atom. The Morgan fingerprint density at radius 1 is 1.04 bits per heavy atom. The van der Waals surface area contributed by atoms with Gasteiger partial charge in [-0.2, -0.15) is 0 Å². The maximum Gasteiger partial charge on any atom is 0.225 e. The molecule has 0 heterocycles. The molecule has 0 radical (unpaired) electrons. The number of carbonyl (C=O) groups is 1. The van der Waals surface area contributed by atoms with Gasteiger partial charge in [-0.25, -0.2) is 0 Å². The van der Waals surface area contributed by atoms with Crippen molar-refractivity contribution in [3.8, 4) is 0 Å². The molecule has 0 atom stereocenters. The fraction of sp³-hybridized carbons (Fsp3) is 0.261. The first-order chi connectivity index (χ1) is 13.2. The summed E-state index contributed by atoms with van der Waals surface area (Å²) in [5.74, 6) is 0.0664. The van der Waals surface area contributed by atoms with E-state index in [0.717, 1.165) is 23.2 Å². The van der Waals surface area contributed by atoms with Crippen LogP contribution in [0.25, 0.3) is 10.8 Å². The number of nitrogens with zero attached hydrogens (tertiary/aromatic N) is 1. The quantitative estimate of drug-likeness (QED) is 0.537. The van der Waals surface area contributed by atoms with Crippen molar-refractivity contribution >= 4 is 38.3 Å². The maximum atomic E-state index is 12.4. The molecule has 0 saturated heterocycles. The Balaban J connectivity index is 1.40. The lowest BCUT2D eigenvalue weighted by atomic mass is 10.0. The van der Waals surface area contributed by atoms with E-state index in [4.69, 9.17) is 0 Å². The summed E-state index contributed by atoms with van der Waals surface area (Å²) in [6.07, 6.45) is 2.98. The van der Waals surface area contributed by atoms with E-state index in [1.54, 1.807) is 0 Å². The highest BCUT2D eigenvalue weighted by Crippen LogP contribution is 2.30. The number of hydrogen-bond donors (Lipinski definition) is 1. The van der Waals surface area contributed by atoms with Gasteiger partial charge >= 0.3 is 0 Å². The molecule has 1 aliphatic rings. The number of anilines is 1. The minimum Gasteiger partial charge on any atom is -0.326 e. The minimum absolute atomic E-state index is 0.0664. The molecule has 0 bridgehead atoms. The van der Waals surface area contributed by atoms with Gasteiger partial charge in [0.2, 0.25) is 5.91 Å². The van der Waals surface area contributed by atoms with Gasteiger partial charge in [-0.3, -0.25) is 9.69 Å². The largest absolute Gasteiger partial charge is 0.326 e. The van der Waals surface area contributed by atoms with Gasteiger partial charge in [0.1, 0.15) is 0 Å². The van der Waals surface area contributed by atoms with Crippen LogP contribution in [0.4, 0.5) is 5.69 Å². The predicted octanol–water partition coefficient (Wildman–Crippen LogP) is 5.60. The van der Waals surface area contributed by atoms with Gasteiger partial charge < -0.3 is 5.32 Å². The average Bonchev–Trinajstić information content (AvgIpc) is 3.50. The van der Waals surface area contributed by atoms with Crippen LogP contribution in [0.5, 0.6) is 0 Å². The Bertz CT molecular complexity index is 947. The molecule has 3 nitrogen and oxygen atoms in total. The van der Waals surface area contributed by atoms with Gasteiger partial charge in [-0.1, -0.05) is 64.5 Å².